The highest BCUT2D eigenvalue weighted by atomic mass is 16.5. The number of hydrogen-bond donors (Lipinski definition) is 1. The Kier molecular flexibility index (Phi) is 6.24. The zero-order chi connectivity index (χ0) is 19.2. The standard InChI is InChI=1S/C21H29N5O2/c1-2-23-21(25-11-13-28-20(15-25)19-8-5-12-27-19)24-14-17-6-3-4-7-18(17)26-10-9-22-16-26/h3-4,6-7,9-10,16,19-20H,2,5,8,11-15H2,1H3,(H,23,24). The summed E-state index contributed by atoms with van der Waals surface area (Å²) in [7, 11) is 0. The molecule has 28 heavy (non-hydrogen) atoms. The number of guanidine groups is 1. The van der Waals surface area contributed by atoms with Crippen LogP contribution in [0.3, 0.4) is 0 Å². The molecular formula is C21H29N5O2. The number of nitrogens with one attached hydrogen (secondary N) is 1. The number of hydrogen-bond acceptors (Lipinski definition) is 4. The van der Waals surface area contributed by atoms with E-state index in [1.807, 2.05) is 23.2 Å². The number of ether oxygens (including phenoxy) is 2. The highest BCUT2D eigenvalue weighted by Gasteiger charge is 2.32. The molecule has 4 rings (SSSR count). The summed E-state index contributed by atoms with van der Waals surface area (Å²) >= 11 is 0. The van der Waals surface area contributed by atoms with E-state index in [0.29, 0.717) is 13.2 Å². The number of aliphatic imine (C=N–C) groups is 1. The molecule has 2 fully saturated rings. The van der Waals surface area contributed by atoms with Gasteiger partial charge in [-0.1, -0.05) is 18.2 Å². The minimum atomic E-state index is 0.123. The zero-order valence-electron chi connectivity index (χ0n) is 16.5. The summed E-state index contributed by atoms with van der Waals surface area (Å²) in [5.41, 5.74) is 2.28. The Bertz CT molecular complexity index is 771. The molecule has 0 amide bonds. The first kappa shape index (κ1) is 19.0. The maximum atomic E-state index is 5.99. The monoisotopic (exact) mass is 383 g/mol. The number of imidazole rings is 1. The van der Waals surface area contributed by atoms with E-state index in [9.17, 15) is 0 Å². The summed E-state index contributed by atoms with van der Waals surface area (Å²) in [6.07, 6.45) is 8.13. The minimum absolute atomic E-state index is 0.123. The molecule has 1 aromatic carbocycles. The van der Waals surface area contributed by atoms with Crippen LogP contribution in [0.15, 0.2) is 48.0 Å². The molecule has 0 aliphatic carbocycles. The molecule has 150 valence electrons. The predicted molar refractivity (Wildman–Crippen MR) is 109 cm³/mol. The van der Waals surface area contributed by atoms with Crippen molar-refractivity contribution in [2.24, 2.45) is 4.99 Å². The van der Waals surface area contributed by atoms with Crippen molar-refractivity contribution in [2.45, 2.75) is 38.5 Å². The molecule has 3 heterocycles. The first-order valence-electron chi connectivity index (χ1n) is 10.2. The third kappa shape index (κ3) is 4.36. The molecule has 2 aliphatic rings. The van der Waals surface area contributed by atoms with Gasteiger partial charge in [0.25, 0.3) is 0 Å². The van der Waals surface area contributed by atoms with Gasteiger partial charge in [0.1, 0.15) is 6.10 Å². The van der Waals surface area contributed by atoms with Gasteiger partial charge in [-0.15, -0.1) is 0 Å². The fourth-order valence-electron chi connectivity index (χ4n) is 3.87. The Morgan fingerprint density at radius 1 is 1.25 bits per heavy atom. The van der Waals surface area contributed by atoms with E-state index in [4.69, 9.17) is 14.5 Å². The van der Waals surface area contributed by atoms with E-state index in [-0.39, 0.29) is 12.2 Å². The van der Waals surface area contributed by atoms with Crippen LogP contribution >= 0.6 is 0 Å². The van der Waals surface area contributed by atoms with Crippen molar-refractivity contribution in [1.29, 1.82) is 0 Å². The minimum Gasteiger partial charge on any atom is -0.375 e. The Labute approximate surface area is 166 Å². The lowest BCUT2D eigenvalue weighted by molar-refractivity contribution is -0.0817. The molecule has 2 aromatic rings. The fourth-order valence-corrected chi connectivity index (χ4v) is 3.87. The second-order valence-corrected chi connectivity index (χ2v) is 7.18. The SMILES string of the molecule is CCNC(=NCc1ccccc1-n1ccnc1)N1CCOC(C2CCCO2)C1. The fraction of sp³-hybridized carbons (Fsp3) is 0.524. The van der Waals surface area contributed by atoms with Crippen molar-refractivity contribution in [2.75, 3.05) is 32.8 Å². The van der Waals surface area contributed by atoms with E-state index in [1.54, 1.807) is 6.20 Å². The van der Waals surface area contributed by atoms with Crippen molar-refractivity contribution in [3.63, 3.8) is 0 Å². The van der Waals surface area contributed by atoms with E-state index in [1.165, 1.54) is 5.56 Å². The molecule has 1 N–H and O–H groups in total. The smallest absolute Gasteiger partial charge is 0.194 e. The average Bonchev–Trinajstić information content (AvgIpc) is 3.46. The van der Waals surface area contributed by atoms with Crippen molar-refractivity contribution in [3.8, 4) is 5.69 Å². The van der Waals surface area contributed by atoms with Gasteiger partial charge in [-0.3, -0.25) is 0 Å². The highest BCUT2D eigenvalue weighted by molar-refractivity contribution is 5.80. The molecule has 0 radical (unpaired) electrons. The number of para-hydroxylation sites is 1. The number of rotatable bonds is 5. The van der Waals surface area contributed by atoms with Crippen molar-refractivity contribution in [1.82, 2.24) is 19.8 Å². The summed E-state index contributed by atoms with van der Waals surface area (Å²) in [6.45, 7) is 6.78. The van der Waals surface area contributed by atoms with E-state index < -0.39 is 0 Å². The van der Waals surface area contributed by atoms with Gasteiger partial charge in [-0.2, -0.15) is 0 Å². The first-order chi connectivity index (χ1) is 13.8. The molecular weight excluding hydrogens is 354 g/mol. The lowest BCUT2D eigenvalue weighted by Gasteiger charge is -2.37. The molecule has 0 bridgehead atoms. The second kappa shape index (κ2) is 9.21. The number of nitrogens with zero attached hydrogens (tertiary/aromatic N) is 4. The van der Waals surface area contributed by atoms with Crippen LogP contribution < -0.4 is 5.32 Å². The van der Waals surface area contributed by atoms with Crippen LogP contribution in [0, 0.1) is 0 Å². The Balaban J connectivity index is 1.49. The lowest BCUT2D eigenvalue weighted by Crippen LogP contribution is -2.53. The molecule has 2 unspecified atom stereocenters. The van der Waals surface area contributed by atoms with Crippen LogP contribution in [0.4, 0.5) is 0 Å². The molecule has 7 nitrogen and oxygen atoms in total. The van der Waals surface area contributed by atoms with Gasteiger partial charge in [0.2, 0.25) is 0 Å². The summed E-state index contributed by atoms with van der Waals surface area (Å²) in [6, 6.07) is 8.32. The van der Waals surface area contributed by atoms with Gasteiger partial charge < -0.3 is 24.3 Å². The Hall–Kier alpha value is -2.38. The van der Waals surface area contributed by atoms with Crippen LogP contribution in [0.2, 0.25) is 0 Å². The molecule has 2 atom stereocenters. The number of morpholine rings is 1. The van der Waals surface area contributed by atoms with Gasteiger partial charge in [-0.05, 0) is 31.4 Å². The third-order valence-electron chi connectivity index (χ3n) is 5.28. The van der Waals surface area contributed by atoms with E-state index in [2.05, 4.69) is 40.3 Å². The van der Waals surface area contributed by atoms with Gasteiger partial charge in [0.15, 0.2) is 5.96 Å². The second-order valence-electron chi connectivity index (χ2n) is 7.18. The average molecular weight is 383 g/mol. The molecule has 0 spiro atoms. The van der Waals surface area contributed by atoms with Gasteiger partial charge in [-0.25, -0.2) is 9.98 Å². The summed E-state index contributed by atoms with van der Waals surface area (Å²) in [5.74, 6) is 0.939. The van der Waals surface area contributed by atoms with Crippen molar-refractivity contribution >= 4 is 5.96 Å². The van der Waals surface area contributed by atoms with Gasteiger partial charge >= 0.3 is 0 Å². The van der Waals surface area contributed by atoms with Crippen molar-refractivity contribution < 1.29 is 9.47 Å². The summed E-state index contributed by atoms with van der Waals surface area (Å²) in [5, 5.41) is 3.45. The van der Waals surface area contributed by atoms with E-state index in [0.717, 1.165) is 50.7 Å². The van der Waals surface area contributed by atoms with Crippen LogP contribution in [0.25, 0.3) is 5.69 Å². The maximum absolute atomic E-state index is 5.99. The highest BCUT2D eigenvalue weighted by Crippen LogP contribution is 2.21. The number of aromatic nitrogens is 2. The molecule has 2 saturated heterocycles. The zero-order valence-corrected chi connectivity index (χ0v) is 16.5. The Morgan fingerprint density at radius 3 is 2.93 bits per heavy atom. The first-order valence-corrected chi connectivity index (χ1v) is 10.2. The van der Waals surface area contributed by atoms with Gasteiger partial charge in [0, 0.05) is 38.6 Å². The van der Waals surface area contributed by atoms with Crippen molar-refractivity contribution in [3.05, 3.63) is 48.5 Å². The molecule has 0 saturated carbocycles. The quantitative estimate of drug-likeness (QED) is 0.634. The normalized spacial score (nSPS) is 23.2. The van der Waals surface area contributed by atoms with Crippen LogP contribution in [0.1, 0.15) is 25.3 Å². The van der Waals surface area contributed by atoms with Crippen LogP contribution in [0.5, 0.6) is 0 Å². The van der Waals surface area contributed by atoms with Crippen LogP contribution in [-0.4, -0.2) is 65.5 Å². The van der Waals surface area contributed by atoms with E-state index >= 15 is 0 Å². The van der Waals surface area contributed by atoms with Gasteiger partial charge in [0.05, 0.1) is 31.3 Å². The Morgan fingerprint density at radius 2 is 2.14 bits per heavy atom. The van der Waals surface area contributed by atoms with Crippen LogP contribution in [-0.2, 0) is 16.0 Å². The number of benzene rings is 1. The maximum Gasteiger partial charge on any atom is 0.194 e. The lowest BCUT2D eigenvalue weighted by atomic mass is 10.1. The summed E-state index contributed by atoms with van der Waals surface area (Å²) < 4.78 is 13.9. The third-order valence-corrected chi connectivity index (χ3v) is 5.28. The molecule has 7 heteroatoms. The molecule has 1 aromatic heterocycles. The molecule has 2 aliphatic heterocycles. The topological polar surface area (TPSA) is 63.9 Å². The summed E-state index contributed by atoms with van der Waals surface area (Å²) in [4.78, 5) is 11.4. The largest absolute Gasteiger partial charge is 0.375 e. The predicted octanol–water partition coefficient (Wildman–Crippen LogP) is 2.22.